The first kappa shape index (κ1) is 9.24. The fraction of sp³-hybridized carbons (Fsp3) is 1.00. The van der Waals surface area contributed by atoms with Crippen LogP contribution >= 0.6 is 7.14 Å². The molecule has 3 nitrogen and oxygen atoms in total. The van der Waals surface area contributed by atoms with Gasteiger partial charge >= 0.3 is 0 Å². The molecular formula is C7H17N2OP. The van der Waals surface area contributed by atoms with E-state index < -0.39 is 7.14 Å². The molecule has 1 aliphatic rings. The molecule has 1 saturated heterocycles. The molecule has 0 spiro atoms. The molecule has 2 N–H and O–H groups in total. The van der Waals surface area contributed by atoms with E-state index in [0.717, 1.165) is 25.8 Å². The van der Waals surface area contributed by atoms with Crippen LogP contribution in [0.4, 0.5) is 0 Å². The van der Waals surface area contributed by atoms with E-state index in [4.69, 9.17) is 5.73 Å². The van der Waals surface area contributed by atoms with Crippen molar-refractivity contribution < 1.29 is 4.57 Å². The molecule has 1 heterocycles. The first-order valence-corrected chi connectivity index (χ1v) is 6.78. The van der Waals surface area contributed by atoms with Crippen molar-refractivity contribution in [2.24, 2.45) is 5.73 Å². The van der Waals surface area contributed by atoms with Crippen molar-refractivity contribution in [3.8, 4) is 0 Å². The summed E-state index contributed by atoms with van der Waals surface area (Å²) in [4.78, 5) is 2.20. The molecule has 11 heavy (non-hydrogen) atoms. The highest BCUT2D eigenvalue weighted by molar-refractivity contribution is 7.62. The quantitative estimate of drug-likeness (QED) is 0.627. The second-order valence-corrected chi connectivity index (χ2v) is 7.27. The summed E-state index contributed by atoms with van der Waals surface area (Å²) in [6.45, 7) is 5.60. The molecule has 1 fully saturated rings. The van der Waals surface area contributed by atoms with Gasteiger partial charge in [-0.25, -0.2) is 0 Å². The van der Waals surface area contributed by atoms with E-state index in [-0.39, 0.29) is 0 Å². The van der Waals surface area contributed by atoms with Crippen molar-refractivity contribution >= 4 is 7.14 Å². The summed E-state index contributed by atoms with van der Waals surface area (Å²) in [6, 6.07) is 0.307. The Morgan fingerprint density at radius 3 is 2.64 bits per heavy atom. The maximum Gasteiger partial charge on any atom is 0.0951 e. The van der Waals surface area contributed by atoms with E-state index in [9.17, 15) is 4.57 Å². The highest BCUT2D eigenvalue weighted by Crippen LogP contribution is 2.37. The van der Waals surface area contributed by atoms with Gasteiger partial charge in [0.05, 0.1) is 13.4 Å². The zero-order chi connectivity index (χ0) is 8.48. The molecule has 4 heteroatoms. The first-order valence-electron chi connectivity index (χ1n) is 3.99. The topological polar surface area (TPSA) is 46.3 Å². The Balaban J connectivity index is 2.34. The van der Waals surface area contributed by atoms with Gasteiger partial charge in [-0.15, -0.1) is 0 Å². The van der Waals surface area contributed by atoms with Crippen molar-refractivity contribution in [3.05, 3.63) is 0 Å². The minimum absolute atomic E-state index is 0.307. The van der Waals surface area contributed by atoms with E-state index in [1.54, 1.807) is 0 Å². The lowest BCUT2D eigenvalue weighted by atomic mass is 10.3. The number of nitrogens with two attached hydrogens (primary N) is 1. The van der Waals surface area contributed by atoms with Gasteiger partial charge in [-0.2, -0.15) is 0 Å². The molecule has 1 unspecified atom stereocenters. The fourth-order valence-corrected chi connectivity index (χ4v) is 2.69. The molecule has 0 aromatic heterocycles. The van der Waals surface area contributed by atoms with Crippen LogP contribution in [0.1, 0.15) is 6.42 Å². The lowest BCUT2D eigenvalue weighted by molar-refractivity contribution is 0.383. The average molecular weight is 176 g/mol. The van der Waals surface area contributed by atoms with E-state index in [2.05, 4.69) is 4.90 Å². The molecule has 0 bridgehead atoms. The van der Waals surface area contributed by atoms with Crippen LogP contribution in [0.5, 0.6) is 0 Å². The monoisotopic (exact) mass is 176 g/mol. The largest absolute Gasteiger partial charge is 0.326 e. The van der Waals surface area contributed by atoms with Crippen molar-refractivity contribution in [1.82, 2.24) is 4.90 Å². The lowest BCUT2D eigenvalue weighted by Gasteiger charge is -2.17. The SMILES string of the molecule is CP(C)(=O)CN1CCC(N)C1. The van der Waals surface area contributed by atoms with Crippen LogP contribution in [0.3, 0.4) is 0 Å². The highest BCUT2D eigenvalue weighted by Gasteiger charge is 2.22. The standard InChI is InChI=1S/C7H17N2OP/c1-11(2,10)6-9-4-3-7(8)5-9/h7H,3-6,8H2,1-2H3. The Kier molecular flexibility index (Phi) is 2.74. The van der Waals surface area contributed by atoms with Crippen LogP contribution < -0.4 is 5.73 Å². The number of nitrogens with zero attached hydrogens (tertiary/aromatic N) is 1. The van der Waals surface area contributed by atoms with Gasteiger partial charge < -0.3 is 10.3 Å². The molecule has 0 saturated carbocycles. The van der Waals surface area contributed by atoms with Gasteiger partial charge in [0.25, 0.3) is 0 Å². The van der Waals surface area contributed by atoms with E-state index >= 15 is 0 Å². The molecule has 0 aromatic carbocycles. The van der Waals surface area contributed by atoms with E-state index in [1.165, 1.54) is 0 Å². The average Bonchev–Trinajstić information content (AvgIpc) is 2.10. The highest BCUT2D eigenvalue weighted by atomic mass is 31.2. The summed E-state index contributed by atoms with van der Waals surface area (Å²) < 4.78 is 11.4. The third-order valence-corrected chi connectivity index (χ3v) is 2.93. The minimum Gasteiger partial charge on any atom is -0.326 e. The van der Waals surface area contributed by atoms with Crippen LogP contribution in [0, 0.1) is 0 Å². The molecule has 0 aromatic rings. The van der Waals surface area contributed by atoms with Crippen LogP contribution in [0.25, 0.3) is 0 Å². The van der Waals surface area contributed by atoms with Crippen LogP contribution in [-0.2, 0) is 4.57 Å². The summed E-state index contributed by atoms with van der Waals surface area (Å²) in [5.41, 5.74) is 5.71. The smallest absolute Gasteiger partial charge is 0.0951 e. The van der Waals surface area contributed by atoms with Gasteiger partial charge in [0.1, 0.15) is 0 Å². The van der Waals surface area contributed by atoms with E-state index in [1.807, 2.05) is 13.3 Å². The molecule has 66 valence electrons. The van der Waals surface area contributed by atoms with Crippen molar-refractivity contribution in [2.45, 2.75) is 12.5 Å². The van der Waals surface area contributed by atoms with Gasteiger partial charge in [0.2, 0.25) is 0 Å². The summed E-state index contributed by atoms with van der Waals surface area (Å²) >= 11 is 0. The zero-order valence-corrected chi connectivity index (χ0v) is 8.18. The predicted octanol–water partition coefficient (Wildman–Crippen LogP) is 0.600. The Labute approximate surface area is 68.3 Å². The van der Waals surface area contributed by atoms with Gasteiger partial charge in [-0.05, 0) is 19.8 Å². The van der Waals surface area contributed by atoms with Crippen molar-refractivity contribution in [3.63, 3.8) is 0 Å². The second-order valence-electron chi connectivity index (χ2n) is 3.84. The molecule has 0 amide bonds. The maximum atomic E-state index is 11.4. The zero-order valence-electron chi connectivity index (χ0n) is 7.29. The second kappa shape index (κ2) is 3.26. The summed E-state index contributed by atoms with van der Waals surface area (Å²) in [5.74, 6) is 0. The van der Waals surface area contributed by atoms with Gasteiger partial charge in [0.15, 0.2) is 0 Å². The Morgan fingerprint density at radius 2 is 2.27 bits per heavy atom. The normalized spacial score (nSPS) is 27.7. The van der Waals surface area contributed by atoms with Crippen LogP contribution in [-0.4, -0.2) is 43.6 Å². The summed E-state index contributed by atoms with van der Waals surface area (Å²) in [6.07, 6.45) is 1.79. The first-order chi connectivity index (χ1) is 4.97. The number of hydrogen-bond donors (Lipinski definition) is 1. The molecule has 1 aliphatic heterocycles. The Bertz CT molecular complexity index is 177. The number of hydrogen-bond acceptors (Lipinski definition) is 3. The lowest BCUT2D eigenvalue weighted by Crippen LogP contribution is -2.27. The molecule has 1 atom stereocenters. The number of rotatable bonds is 2. The molecule has 1 rings (SSSR count). The van der Waals surface area contributed by atoms with Crippen LogP contribution in [0.15, 0.2) is 0 Å². The predicted molar refractivity (Wildman–Crippen MR) is 48.5 cm³/mol. The molecule has 0 radical (unpaired) electrons. The summed E-state index contributed by atoms with van der Waals surface area (Å²) in [5, 5.41) is 0. The molecule has 0 aliphatic carbocycles. The third kappa shape index (κ3) is 3.37. The van der Waals surface area contributed by atoms with Crippen molar-refractivity contribution in [1.29, 1.82) is 0 Å². The number of likely N-dealkylation sites (tertiary alicyclic amines) is 1. The Morgan fingerprint density at radius 1 is 1.64 bits per heavy atom. The van der Waals surface area contributed by atoms with Gasteiger partial charge in [-0.1, -0.05) is 0 Å². The Hall–Kier alpha value is 0.150. The van der Waals surface area contributed by atoms with Crippen LogP contribution in [0.2, 0.25) is 0 Å². The van der Waals surface area contributed by atoms with Gasteiger partial charge in [0, 0.05) is 19.1 Å². The minimum atomic E-state index is -1.87. The third-order valence-electron chi connectivity index (χ3n) is 1.85. The summed E-state index contributed by atoms with van der Waals surface area (Å²) in [7, 11) is -1.87. The molecular weight excluding hydrogens is 159 g/mol. The van der Waals surface area contributed by atoms with E-state index in [0.29, 0.717) is 6.04 Å². The maximum absolute atomic E-state index is 11.4. The van der Waals surface area contributed by atoms with Gasteiger partial charge in [-0.3, -0.25) is 4.90 Å². The fourth-order valence-electron chi connectivity index (χ4n) is 1.47. The van der Waals surface area contributed by atoms with Crippen molar-refractivity contribution in [2.75, 3.05) is 32.7 Å².